The van der Waals surface area contributed by atoms with Crippen molar-refractivity contribution in [3.8, 4) is 11.5 Å². The van der Waals surface area contributed by atoms with Crippen molar-refractivity contribution in [2.24, 2.45) is 0 Å². The Labute approximate surface area is 239 Å². The number of anilines is 1. The molecule has 0 atom stereocenters. The van der Waals surface area contributed by atoms with E-state index in [9.17, 15) is 14.4 Å². The molecule has 1 saturated heterocycles. The number of barbiturate groups is 1. The zero-order valence-corrected chi connectivity index (χ0v) is 24.3. The van der Waals surface area contributed by atoms with Crippen LogP contribution in [0.3, 0.4) is 0 Å². The zero-order valence-electron chi connectivity index (χ0n) is 21.4. The summed E-state index contributed by atoms with van der Waals surface area (Å²) in [7, 11) is 0. The van der Waals surface area contributed by atoms with Gasteiger partial charge in [0.25, 0.3) is 11.8 Å². The number of hydrogen-bond acceptors (Lipinski definition) is 5. The molecule has 3 aromatic carbocycles. The van der Waals surface area contributed by atoms with E-state index >= 15 is 0 Å². The van der Waals surface area contributed by atoms with Gasteiger partial charge in [-0.1, -0.05) is 35.9 Å². The number of nitrogens with zero attached hydrogens (tertiary/aromatic N) is 1. The van der Waals surface area contributed by atoms with Crippen LogP contribution in [-0.2, 0) is 16.2 Å². The molecule has 0 spiro atoms. The number of hydrogen-bond donors (Lipinski definition) is 1. The smallest absolute Gasteiger partial charge is 0.335 e. The first-order valence-electron chi connectivity index (χ1n) is 11.9. The van der Waals surface area contributed by atoms with Crippen LogP contribution in [0, 0.1) is 24.3 Å². The lowest BCUT2D eigenvalue weighted by Gasteiger charge is -2.26. The van der Waals surface area contributed by atoms with Gasteiger partial charge in [-0.3, -0.25) is 14.9 Å². The number of benzene rings is 3. The number of ether oxygens (including phenoxy) is 2. The summed E-state index contributed by atoms with van der Waals surface area (Å²) in [6.45, 7) is 8.54. The first-order chi connectivity index (χ1) is 18.1. The van der Waals surface area contributed by atoms with Crippen molar-refractivity contribution in [1.82, 2.24) is 5.32 Å². The number of rotatable bonds is 7. The topological polar surface area (TPSA) is 84.9 Å². The van der Waals surface area contributed by atoms with Crippen molar-refractivity contribution in [3.63, 3.8) is 0 Å². The second-order valence-corrected chi connectivity index (χ2v) is 10.4. The molecule has 1 aliphatic heterocycles. The Morgan fingerprint density at radius 1 is 0.947 bits per heavy atom. The first kappa shape index (κ1) is 27.7. The van der Waals surface area contributed by atoms with Crippen LogP contribution >= 0.6 is 34.2 Å². The van der Waals surface area contributed by atoms with E-state index in [0.717, 1.165) is 19.6 Å². The molecule has 0 unspecified atom stereocenters. The standard InChI is InChI=1S/C29H26ClIN2O5/c1-5-37-25-13-20(12-24(31)26(25)38-15-19-8-6-16(2)18(4)10-19)11-22-27(34)32-29(36)33(28(22)35)21-9-7-17(3)23(30)14-21/h6-14H,5,15H2,1-4H3,(H,32,34,36)/b22-11+. The highest BCUT2D eigenvalue weighted by atomic mass is 127. The summed E-state index contributed by atoms with van der Waals surface area (Å²) in [5.74, 6) is -0.477. The van der Waals surface area contributed by atoms with Crippen molar-refractivity contribution >= 4 is 63.8 Å². The molecule has 1 N–H and O–H groups in total. The highest BCUT2D eigenvalue weighted by Gasteiger charge is 2.37. The molecule has 7 nitrogen and oxygen atoms in total. The van der Waals surface area contributed by atoms with Gasteiger partial charge in [-0.2, -0.15) is 0 Å². The van der Waals surface area contributed by atoms with Crippen molar-refractivity contribution in [3.05, 3.63) is 90.5 Å². The number of carbonyl (C=O) groups excluding carboxylic acids is 3. The Balaban J connectivity index is 1.66. The second-order valence-electron chi connectivity index (χ2n) is 8.86. The van der Waals surface area contributed by atoms with Crippen molar-refractivity contribution in [1.29, 1.82) is 0 Å². The Morgan fingerprint density at radius 2 is 1.68 bits per heavy atom. The summed E-state index contributed by atoms with van der Waals surface area (Å²) in [6, 6.07) is 13.6. The van der Waals surface area contributed by atoms with Crippen LogP contribution in [0.1, 0.15) is 34.7 Å². The minimum atomic E-state index is -0.836. The van der Waals surface area contributed by atoms with Gasteiger partial charge >= 0.3 is 6.03 Å². The zero-order chi connectivity index (χ0) is 27.6. The molecule has 3 aromatic rings. The number of urea groups is 1. The molecule has 4 amide bonds. The molecule has 196 valence electrons. The van der Waals surface area contributed by atoms with E-state index in [0.29, 0.717) is 35.3 Å². The lowest BCUT2D eigenvalue weighted by atomic mass is 10.1. The number of aryl methyl sites for hydroxylation is 3. The van der Waals surface area contributed by atoms with Crippen LogP contribution in [0.2, 0.25) is 5.02 Å². The molecule has 0 radical (unpaired) electrons. The van der Waals surface area contributed by atoms with Crippen LogP contribution in [0.5, 0.6) is 11.5 Å². The second kappa shape index (κ2) is 11.6. The third-order valence-corrected chi connectivity index (χ3v) is 7.32. The van der Waals surface area contributed by atoms with E-state index in [1.165, 1.54) is 23.3 Å². The highest BCUT2D eigenvalue weighted by Crippen LogP contribution is 2.36. The predicted octanol–water partition coefficient (Wildman–Crippen LogP) is 6.51. The highest BCUT2D eigenvalue weighted by molar-refractivity contribution is 14.1. The summed E-state index contributed by atoms with van der Waals surface area (Å²) in [4.78, 5) is 39.4. The molecule has 0 aliphatic carbocycles. The van der Waals surface area contributed by atoms with Gasteiger partial charge in [0.2, 0.25) is 0 Å². The maximum Gasteiger partial charge on any atom is 0.335 e. The fourth-order valence-corrected chi connectivity index (χ4v) is 4.86. The van der Waals surface area contributed by atoms with Gasteiger partial charge in [0.05, 0.1) is 15.9 Å². The van der Waals surface area contributed by atoms with E-state index in [4.69, 9.17) is 21.1 Å². The fraction of sp³-hybridized carbons (Fsp3) is 0.207. The summed E-state index contributed by atoms with van der Waals surface area (Å²) >= 11 is 8.34. The number of carbonyl (C=O) groups is 3. The predicted molar refractivity (Wildman–Crippen MR) is 156 cm³/mol. The molecule has 0 aromatic heterocycles. The summed E-state index contributed by atoms with van der Waals surface area (Å²) in [5, 5.41) is 2.63. The molecule has 0 bridgehead atoms. The van der Waals surface area contributed by atoms with Gasteiger partial charge in [-0.25, -0.2) is 9.69 Å². The Morgan fingerprint density at radius 3 is 2.37 bits per heavy atom. The molecule has 4 rings (SSSR count). The van der Waals surface area contributed by atoms with E-state index < -0.39 is 17.8 Å². The third-order valence-electron chi connectivity index (χ3n) is 6.11. The van der Waals surface area contributed by atoms with Crippen molar-refractivity contribution < 1.29 is 23.9 Å². The SMILES string of the molecule is CCOc1cc(/C=C2\C(=O)NC(=O)N(c3ccc(C)c(Cl)c3)C2=O)cc(I)c1OCc1ccc(C)c(C)c1. The van der Waals surface area contributed by atoms with Gasteiger partial charge in [-0.05, 0) is 108 Å². The number of amides is 4. The van der Waals surface area contributed by atoms with E-state index in [1.807, 2.05) is 19.9 Å². The largest absolute Gasteiger partial charge is 0.490 e. The van der Waals surface area contributed by atoms with E-state index in [1.54, 1.807) is 24.3 Å². The number of halogens is 2. The summed E-state index contributed by atoms with van der Waals surface area (Å²) < 4.78 is 12.7. The Bertz CT molecular complexity index is 1480. The minimum Gasteiger partial charge on any atom is -0.490 e. The van der Waals surface area contributed by atoms with Crippen LogP contribution in [-0.4, -0.2) is 24.5 Å². The van der Waals surface area contributed by atoms with Crippen LogP contribution < -0.4 is 19.7 Å². The van der Waals surface area contributed by atoms with Crippen LogP contribution in [0.25, 0.3) is 6.08 Å². The van der Waals surface area contributed by atoms with Crippen LogP contribution in [0.15, 0.2) is 54.1 Å². The van der Waals surface area contributed by atoms with Gasteiger partial charge in [-0.15, -0.1) is 0 Å². The van der Waals surface area contributed by atoms with Gasteiger partial charge in [0.1, 0.15) is 12.2 Å². The lowest BCUT2D eigenvalue weighted by Crippen LogP contribution is -2.54. The Kier molecular flexibility index (Phi) is 8.42. The molecule has 0 saturated carbocycles. The molecular formula is C29H26ClIN2O5. The maximum atomic E-state index is 13.3. The van der Waals surface area contributed by atoms with E-state index in [2.05, 4.69) is 53.9 Å². The van der Waals surface area contributed by atoms with Gasteiger partial charge < -0.3 is 9.47 Å². The van der Waals surface area contributed by atoms with Crippen molar-refractivity contribution in [2.45, 2.75) is 34.3 Å². The van der Waals surface area contributed by atoms with Gasteiger partial charge in [0, 0.05) is 5.02 Å². The third kappa shape index (κ3) is 5.86. The molecular weight excluding hydrogens is 619 g/mol. The average Bonchev–Trinajstić information content (AvgIpc) is 2.85. The quantitative estimate of drug-likeness (QED) is 0.180. The molecule has 1 aliphatic rings. The molecule has 1 heterocycles. The van der Waals surface area contributed by atoms with Crippen molar-refractivity contribution in [2.75, 3.05) is 11.5 Å². The molecule has 1 fully saturated rings. The summed E-state index contributed by atoms with van der Waals surface area (Å²) in [6.07, 6.45) is 1.44. The molecule has 9 heteroatoms. The van der Waals surface area contributed by atoms with E-state index in [-0.39, 0.29) is 11.3 Å². The maximum absolute atomic E-state index is 13.3. The average molecular weight is 645 g/mol. The monoisotopic (exact) mass is 644 g/mol. The molecule has 38 heavy (non-hydrogen) atoms. The minimum absolute atomic E-state index is 0.191. The van der Waals surface area contributed by atoms with Gasteiger partial charge in [0.15, 0.2) is 11.5 Å². The summed E-state index contributed by atoms with van der Waals surface area (Å²) in [5.41, 5.74) is 4.84. The first-order valence-corrected chi connectivity index (χ1v) is 13.4. The Hall–Kier alpha value is -3.37. The number of imide groups is 2. The van der Waals surface area contributed by atoms with Crippen LogP contribution in [0.4, 0.5) is 10.5 Å². The lowest BCUT2D eigenvalue weighted by molar-refractivity contribution is -0.122. The normalized spacial score (nSPS) is 14.6. The number of nitrogens with one attached hydrogen (secondary N) is 1. The fourth-order valence-electron chi connectivity index (χ4n) is 3.90.